The second-order valence-corrected chi connectivity index (χ2v) is 14.8. The molecule has 5 heteroatoms. The van der Waals surface area contributed by atoms with Crippen LogP contribution in [0.4, 0.5) is 4.79 Å². The second-order valence-electron chi connectivity index (χ2n) is 10.00. The SMILES string of the molecule is C=C(C)[C@@H]1CN(C(=O)OC(C)(C)C)C[C@@H]1CCO[Si](C)(C)C(C)(C)C. The van der Waals surface area contributed by atoms with Crippen molar-refractivity contribution in [1.82, 2.24) is 4.90 Å². The highest BCUT2D eigenvalue weighted by Gasteiger charge is 2.39. The largest absolute Gasteiger partial charge is 0.444 e. The smallest absolute Gasteiger partial charge is 0.410 e. The van der Waals surface area contributed by atoms with E-state index in [0.717, 1.165) is 25.1 Å². The van der Waals surface area contributed by atoms with Crippen LogP contribution < -0.4 is 0 Å². The lowest BCUT2D eigenvalue weighted by molar-refractivity contribution is 0.0284. The Labute approximate surface area is 156 Å². The number of nitrogens with zero attached hydrogens (tertiary/aromatic N) is 1. The third kappa shape index (κ3) is 6.44. The minimum atomic E-state index is -1.72. The molecule has 0 aromatic carbocycles. The van der Waals surface area contributed by atoms with E-state index in [1.54, 1.807) is 0 Å². The van der Waals surface area contributed by atoms with Crippen LogP contribution in [0.3, 0.4) is 0 Å². The van der Waals surface area contributed by atoms with Crippen molar-refractivity contribution >= 4 is 14.4 Å². The zero-order valence-electron chi connectivity index (χ0n) is 17.9. The van der Waals surface area contributed by atoms with Gasteiger partial charge in [-0.15, -0.1) is 0 Å². The molecule has 0 aliphatic carbocycles. The Kier molecular flexibility index (Phi) is 6.96. The highest BCUT2D eigenvalue weighted by atomic mass is 28.4. The molecule has 1 rings (SSSR count). The first kappa shape index (κ1) is 22.2. The van der Waals surface area contributed by atoms with Gasteiger partial charge in [0, 0.05) is 25.6 Å². The van der Waals surface area contributed by atoms with E-state index in [1.165, 1.54) is 0 Å². The molecule has 4 nitrogen and oxygen atoms in total. The molecule has 0 unspecified atom stereocenters. The van der Waals surface area contributed by atoms with E-state index in [0.29, 0.717) is 18.4 Å². The topological polar surface area (TPSA) is 38.8 Å². The Hall–Kier alpha value is -0.813. The maximum absolute atomic E-state index is 12.4. The Morgan fingerprint density at radius 1 is 1.16 bits per heavy atom. The van der Waals surface area contributed by atoms with Crippen molar-refractivity contribution < 1.29 is 14.0 Å². The van der Waals surface area contributed by atoms with Crippen LogP contribution in [0.25, 0.3) is 0 Å². The number of amides is 1. The molecule has 1 aliphatic rings. The number of ether oxygens (including phenoxy) is 1. The van der Waals surface area contributed by atoms with E-state index < -0.39 is 13.9 Å². The van der Waals surface area contributed by atoms with Crippen molar-refractivity contribution in [3.8, 4) is 0 Å². The highest BCUT2D eigenvalue weighted by Crippen LogP contribution is 2.37. The van der Waals surface area contributed by atoms with Gasteiger partial charge in [-0.25, -0.2) is 4.79 Å². The maximum atomic E-state index is 12.4. The number of carbonyl (C=O) groups is 1. The first-order chi connectivity index (χ1) is 11.1. The normalized spacial score (nSPS) is 22.2. The molecule has 1 heterocycles. The summed E-state index contributed by atoms with van der Waals surface area (Å²) >= 11 is 0. The Morgan fingerprint density at radius 3 is 2.16 bits per heavy atom. The molecular formula is C20H39NO3Si. The molecule has 2 atom stereocenters. The predicted molar refractivity (Wildman–Crippen MR) is 107 cm³/mol. The number of carbonyl (C=O) groups excluding carboxylic acids is 1. The van der Waals surface area contributed by atoms with Crippen LogP contribution in [-0.4, -0.2) is 44.6 Å². The van der Waals surface area contributed by atoms with Crippen LogP contribution in [0.5, 0.6) is 0 Å². The van der Waals surface area contributed by atoms with Gasteiger partial charge >= 0.3 is 6.09 Å². The zero-order chi connectivity index (χ0) is 19.6. The van der Waals surface area contributed by atoms with E-state index in [2.05, 4.69) is 47.4 Å². The van der Waals surface area contributed by atoms with E-state index in [1.807, 2.05) is 25.7 Å². The number of rotatable bonds is 5. The van der Waals surface area contributed by atoms with Gasteiger partial charge in [-0.1, -0.05) is 32.9 Å². The summed E-state index contributed by atoms with van der Waals surface area (Å²) in [4.78, 5) is 14.2. The molecule has 146 valence electrons. The quantitative estimate of drug-likeness (QED) is 0.477. The fourth-order valence-electron chi connectivity index (χ4n) is 2.88. The fourth-order valence-corrected chi connectivity index (χ4v) is 3.94. The first-order valence-electron chi connectivity index (χ1n) is 9.41. The lowest BCUT2D eigenvalue weighted by atomic mass is 9.88. The van der Waals surface area contributed by atoms with Crippen LogP contribution in [0.2, 0.25) is 18.1 Å². The first-order valence-corrected chi connectivity index (χ1v) is 12.3. The minimum Gasteiger partial charge on any atom is -0.444 e. The van der Waals surface area contributed by atoms with Gasteiger partial charge in [0.1, 0.15) is 5.60 Å². The molecule has 0 radical (unpaired) electrons. The average molecular weight is 370 g/mol. The van der Waals surface area contributed by atoms with Crippen molar-refractivity contribution in [3.63, 3.8) is 0 Å². The molecule has 0 saturated carbocycles. The van der Waals surface area contributed by atoms with Gasteiger partial charge in [-0.3, -0.25) is 0 Å². The third-order valence-electron chi connectivity index (χ3n) is 5.48. The molecule has 1 fully saturated rings. The molecule has 1 saturated heterocycles. The van der Waals surface area contributed by atoms with Crippen LogP contribution >= 0.6 is 0 Å². The number of likely N-dealkylation sites (tertiary alicyclic amines) is 1. The van der Waals surface area contributed by atoms with Gasteiger partial charge in [0.05, 0.1) is 0 Å². The van der Waals surface area contributed by atoms with Gasteiger partial charge in [0.2, 0.25) is 0 Å². The van der Waals surface area contributed by atoms with Gasteiger partial charge < -0.3 is 14.1 Å². The molecule has 0 aromatic rings. The molecule has 0 aromatic heterocycles. The van der Waals surface area contributed by atoms with Crippen LogP contribution in [0.1, 0.15) is 54.9 Å². The summed E-state index contributed by atoms with van der Waals surface area (Å²) < 4.78 is 11.9. The lowest BCUT2D eigenvalue weighted by Crippen LogP contribution is -2.41. The molecule has 1 aliphatic heterocycles. The second kappa shape index (κ2) is 7.83. The summed E-state index contributed by atoms with van der Waals surface area (Å²) in [5, 5.41) is 0.221. The third-order valence-corrected chi connectivity index (χ3v) is 10.0. The number of hydrogen-bond acceptors (Lipinski definition) is 3. The van der Waals surface area contributed by atoms with Gasteiger partial charge in [-0.2, -0.15) is 0 Å². The fraction of sp³-hybridized carbons (Fsp3) is 0.850. The van der Waals surface area contributed by atoms with Crippen LogP contribution in [0, 0.1) is 11.8 Å². The summed E-state index contributed by atoms with van der Waals surface area (Å²) in [5.74, 6) is 0.727. The minimum absolute atomic E-state index is 0.216. The monoisotopic (exact) mass is 369 g/mol. The van der Waals surface area contributed by atoms with E-state index in [9.17, 15) is 4.79 Å². The van der Waals surface area contributed by atoms with E-state index in [-0.39, 0.29) is 11.1 Å². The summed E-state index contributed by atoms with van der Waals surface area (Å²) in [6.07, 6.45) is 0.745. The summed E-state index contributed by atoms with van der Waals surface area (Å²) in [6, 6.07) is 0. The van der Waals surface area contributed by atoms with Crippen molar-refractivity contribution in [1.29, 1.82) is 0 Å². The Morgan fingerprint density at radius 2 is 1.72 bits per heavy atom. The van der Waals surface area contributed by atoms with Crippen molar-refractivity contribution in [2.75, 3.05) is 19.7 Å². The Balaban J connectivity index is 2.66. The summed E-state index contributed by atoms with van der Waals surface area (Å²) in [6.45, 7) is 25.4. The molecule has 1 amide bonds. The molecule has 0 N–H and O–H groups in total. The summed E-state index contributed by atoms with van der Waals surface area (Å²) in [7, 11) is -1.72. The van der Waals surface area contributed by atoms with Crippen molar-refractivity contribution in [2.24, 2.45) is 11.8 Å². The maximum Gasteiger partial charge on any atom is 0.410 e. The van der Waals surface area contributed by atoms with Crippen molar-refractivity contribution in [3.05, 3.63) is 12.2 Å². The lowest BCUT2D eigenvalue weighted by Gasteiger charge is -2.36. The molecule has 0 spiro atoms. The molecule has 0 bridgehead atoms. The van der Waals surface area contributed by atoms with E-state index in [4.69, 9.17) is 9.16 Å². The van der Waals surface area contributed by atoms with Crippen molar-refractivity contribution in [2.45, 2.75) is 78.6 Å². The standard InChI is InChI=1S/C20H39NO3Si/c1-15(2)17-14-21(18(22)24-19(3,4)5)13-16(17)11-12-23-25(9,10)20(6,7)8/h16-17H,1,11-14H2,2-10H3/t16-,17-/m0/s1. The van der Waals surface area contributed by atoms with Gasteiger partial charge in [0.25, 0.3) is 0 Å². The summed E-state index contributed by atoms with van der Waals surface area (Å²) in [5.41, 5.74) is 0.683. The van der Waals surface area contributed by atoms with Crippen LogP contribution in [-0.2, 0) is 9.16 Å². The van der Waals surface area contributed by atoms with Gasteiger partial charge in [-0.05, 0) is 58.2 Å². The average Bonchev–Trinajstić information content (AvgIpc) is 2.79. The van der Waals surface area contributed by atoms with E-state index >= 15 is 0 Å². The van der Waals surface area contributed by atoms with Crippen LogP contribution in [0.15, 0.2) is 12.2 Å². The highest BCUT2D eigenvalue weighted by molar-refractivity contribution is 6.74. The predicted octanol–water partition coefficient (Wildman–Crippen LogP) is 5.46. The zero-order valence-corrected chi connectivity index (χ0v) is 18.9. The number of hydrogen-bond donors (Lipinski definition) is 0. The van der Waals surface area contributed by atoms with Gasteiger partial charge in [0.15, 0.2) is 8.32 Å². The Bertz CT molecular complexity index is 488. The molecule has 25 heavy (non-hydrogen) atoms. The molecular weight excluding hydrogens is 330 g/mol.